The van der Waals surface area contributed by atoms with Crippen LogP contribution in [0.15, 0.2) is 22.8 Å². The van der Waals surface area contributed by atoms with E-state index in [0.29, 0.717) is 6.61 Å². The molecule has 0 saturated heterocycles. The number of aliphatic hydroxyl groups is 1. The second-order valence-corrected chi connectivity index (χ2v) is 5.12. The Kier molecular flexibility index (Phi) is 3.66. The van der Waals surface area contributed by atoms with E-state index in [1.165, 1.54) is 12.8 Å². The first-order valence-electron chi connectivity index (χ1n) is 6.06. The minimum atomic E-state index is 0.140. The highest BCUT2D eigenvalue weighted by Crippen LogP contribution is 2.38. The molecule has 0 aliphatic heterocycles. The van der Waals surface area contributed by atoms with E-state index < -0.39 is 0 Å². The zero-order valence-electron chi connectivity index (χ0n) is 9.98. The van der Waals surface area contributed by atoms with Crippen molar-refractivity contribution >= 4 is 0 Å². The second-order valence-electron chi connectivity index (χ2n) is 5.12. The van der Waals surface area contributed by atoms with E-state index in [2.05, 4.69) is 11.9 Å². The molecule has 0 bridgehead atoms. The zero-order chi connectivity index (χ0) is 11.4. The van der Waals surface area contributed by atoms with E-state index in [0.717, 1.165) is 31.7 Å². The fourth-order valence-electron chi connectivity index (χ4n) is 2.79. The van der Waals surface area contributed by atoms with Gasteiger partial charge in [-0.2, -0.15) is 0 Å². The van der Waals surface area contributed by atoms with Crippen LogP contribution >= 0.6 is 0 Å². The third-order valence-electron chi connectivity index (χ3n) is 3.61. The van der Waals surface area contributed by atoms with Crippen LogP contribution in [0.1, 0.15) is 31.4 Å². The zero-order valence-corrected chi connectivity index (χ0v) is 9.98. The third kappa shape index (κ3) is 2.66. The average Bonchev–Trinajstić information content (AvgIpc) is 2.90. The van der Waals surface area contributed by atoms with Crippen molar-refractivity contribution in [1.29, 1.82) is 0 Å². The lowest BCUT2D eigenvalue weighted by Crippen LogP contribution is -2.36. The summed E-state index contributed by atoms with van der Waals surface area (Å²) in [5.74, 6) is 0.994. The minimum Gasteiger partial charge on any atom is -0.468 e. The average molecular weight is 223 g/mol. The normalized spacial score (nSPS) is 19.4. The molecule has 1 aromatic rings. The number of aliphatic hydroxyl groups excluding tert-OH is 1. The molecular weight excluding hydrogens is 202 g/mol. The van der Waals surface area contributed by atoms with Crippen molar-refractivity contribution in [3.63, 3.8) is 0 Å². The quantitative estimate of drug-likeness (QED) is 0.832. The predicted molar refractivity (Wildman–Crippen MR) is 63.0 cm³/mol. The van der Waals surface area contributed by atoms with E-state index in [-0.39, 0.29) is 5.41 Å². The number of hydrogen-bond acceptors (Lipinski definition) is 3. The lowest BCUT2D eigenvalue weighted by Gasteiger charge is -2.31. The largest absolute Gasteiger partial charge is 0.468 e. The van der Waals surface area contributed by atoms with Crippen LogP contribution in [-0.2, 0) is 6.54 Å². The SMILES string of the molecule is CN(Cc1ccco1)CC1(CO)CCCC1. The minimum absolute atomic E-state index is 0.140. The molecule has 1 aliphatic carbocycles. The maximum absolute atomic E-state index is 9.54. The Morgan fingerprint density at radius 3 is 2.75 bits per heavy atom. The molecule has 0 atom stereocenters. The Morgan fingerprint density at radius 1 is 1.44 bits per heavy atom. The first kappa shape index (κ1) is 11.7. The molecule has 1 heterocycles. The molecule has 1 fully saturated rings. The Morgan fingerprint density at radius 2 is 2.19 bits per heavy atom. The molecule has 1 N–H and O–H groups in total. The Bertz CT molecular complexity index is 302. The van der Waals surface area contributed by atoms with Gasteiger partial charge in [-0.05, 0) is 32.0 Å². The molecule has 0 aromatic carbocycles. The highest BCUT2D eigenvalue weighted by Gasteiger charge is 2.34. The van der Waals surface area contributed by atoms with E-state index in [9.17, 15) is 5.11 Å². The van der Waals surface area contributed by atoms with Crippen LogP contribution in [0.4, 0.5) is 0 Å². The molecule has 90 valence electrons. The van der Waals surface area contributed by atoms with Crippen molar-refractivity contribution in [2.45, 2.75) is 32.2 Å². The molecule has 0 unspecified atom stereocenters. The van der Waals surface area contributed by atoms with Gasteiger partial charge in [0.1, 0.15) is 5.76 Å². The topological polar surface area (TPSA) is 36.6 Å². The fraction of sp³-hybridized carbons (Fsp3) is 0.692. The van der Waals surface area contributed by atoms with Crippen molar-refractivity contribution in [2.24, 2.45) is 5.41 Å². The van der Waals surface area contributed by atoms with E-state index in [4.69, 9.17) is 4.42 Å². The summed E-state index contributed by atoms with van der Waals surface area (Å²) < 4.78 is 5.33. The maximum Gasteiger partial charge on any atom is 0.117 e. The smallest absolute Gasteiger partial charge is 0.117 e. The molecule has 1 aromatic heterocycles. The van der Waals surface area contributed by atoms with E-state index in [1.54, 1.807) is 6.26 Å². The van der Waals surface area contributed by atoms with Crippen LogP contribution in [-0.4, -0.2) is 30.2 Å². The van der Waals surface area contributed by atoms with Gasteiger partial charge in [0, 0.05) is 18.6 Å². The van der Waals surface area contributed by atoms with Gasteiger partial charge < -0.3 is 9.52 Å². The molecule has 2 rings (SSSR count). The molecule has 0 radical (unpaired) electrons. The van der Waals surface area contributed by atoms with Gasteiger partial charge in [-0.3, -0.25) is 4.90 Å². The molecule has 0 spiro atoms. The van der Waals surface area contributed by atoms with Crippen molar-refractivity contribution < 1.29 is 9.52 Å². The van der Waals surface area contributed by atoms with Gasteiger partial charge >= 0.3 is 0 Å². The van der Waals surface area contributed by atoms with Crippen LogP contribution in [0, 0.1) is 5.41 Å². The number of furan rings is 1. The molecule has 3 nitrogen and oxygen atoms in total. The van der Waals surface area contributed by atoms with Gasteiger partial charge in [0.05, 0.1) is 12.8 Å². The van der Waals surface area contributed by atoms with E-state index in [1.807, 2.05) is 12.1 Å². The maximum atomic E-state index is 9.54. The van der Waals surface area contributed by atoms with Crippen molar-refractivity contribution in [1.82, 2.24) is 4.90 Å². The van der Waals surface area contributed by atoms with Gasteiger partial charge in [0.15, 0.2) is 0 Å². The monoisotopic (exact) mass is 223 g/mol. The van der Waals surface area contributed by atoms with Crippen LogP contribution in [0.25, 0.3) is 0 Å². The summed E-state index contributed by atoms with van der Waals surface area (Å²) >= 11 is 0. The van der Waals surface area contributed by atoms with Crippen LogP contribution < -0.4 is 0 Å². The summed E-state index contributed by atoms with van der Waals surface area (Å²) in [6.45, 7) is 2.11. The Balaban J connectivity index is 1.88. The second kappa shape index (κ2) is 5.02. The summed E-state index contributed by atoms with van der Waals surface area (Å²) in [4.78, 5) is 2.25. The lowest BCUT2D eigenvalue weighted by molar-refractivity contribution is 0.0838. The van der Waals surface area contributed by atoms with Gasteiger partial charge in [-0.1, -0.05) is 12.8 Å². The lowest BCUT2D eigenvalue weighted by atomic mass is 9.87. The summed E-state index contributed by atoms with van der Waals surface area (Å²) in [7, 11) is 2.10. The van der Waals surface area contributed by atoms with Gasteiger partial charge in [0.25, 0.3) is 0 Å². The van der Waals surface area contributed by atoms with Crippen LogP contribution in [0.5, 0.6) is 0 Å². The van der Waals surface area contributed by atoms with Crippen LogP contribution in [0.3, 0.4) is 0 Å². The summed E-state index contributed by atoms with van der Waals surface area (Å²) in [6, 6.07) is 3.91. The number of nitrogens with zero attached hydrogens (tertiary/aromatic N) is 1. The molecule has 1 saturated carbocycles. The predicted octanol–water partition coefficient (Wildman–Crippen LogP) is 2.26. The van der Waals surface area contributed by atoms with Gasteiger partial charge in [-0.25, -0.2) is 0 Å². The highest BCUT2D eigenvalue weighted by molar-refractivity contribution is 4.98. The number of hydrogen-bond donors (Lipinski definition) is 1. The number of rotatable bonds is 5. The van der Waals surface area contributed by atoms with E-state index >= 15 is 0 Å². The third-order valence-corrected chi connectivity index (χ3v) is 3.61. The molecule has 1 aliphatic rings. The Hall–Kier alpha value is -0.800. The summed E-state index contributed by atoms with van der Waals surface area (Å²) in [5.41, 5.74) is 0.140. The van der Waals surface area contributed by atoms with Crippen molar-refractivity contribution in [3.05, 3.63) is 24.2 Å². The molecule has 0 amide bonds. The van der Waals surface area contributed by atoms with Crippen molar-refractivity contribution in [3.8, 4) is 0 Å². The fourth-order valence-corrected chi connectivity index (χ4v) is 2.79. The first-order chi connectivity index (χ1) is 7.74. The van der Waals surface area contributed by atoms with Gasteiger partial charge in [0.2, 0.25) is 0 Å². The first-order valence-corrected chi connectivity index (χ1v) is 6.06. The highest BCUT2D eigenvalue weighted by atomic mass is 16.3. The van der Waals surface area contributed by atoms with Crippen molar-refractivity contribution in [2.75, 3.05) is 20.2 Å². The van der Waals surface area contributed by atoms with Crippen LogP contribution in [0.2, 0.25) is 0 Å². The summed E-state index contributed by atoms with van der Waals surface area (Å²) in [6.07, 6.45) is 6.54. The Labute approximate surface area is 97.1 Å². The van der Waals surface area contributed by atoms with Gasteiger partial charge in [-0.15, -0.1) is 0 Å². The standard InChI is InChI=1S/C13H21NO2/c1-14(9-12-5-4-8-16-12)10-13(11-15)6-2-3-7-13/h4-5,8,15H,2-3,6-7,9-11H2,1H3. The molecular formula is C13H21NO2. The summed E-state index contributed by atoms with van der Waals surface area (Å²) in [5, 5.41) is 9.54. The molecule has 3 heteroatoms. The molecule has 16 heavy (non-hydrogen) atoms.